The zero-order valence-corrected chi connectivity index (χ0v) is 17.8. The zero-order valence-electron chi connectivity index (χ0n) is 17.8. The van der Waals surface area contributed by atoms with Crippen molar-refractivity contribution in [2.24, 2.45) is 5.73 Å². The van der Waals surface area contributed by atoms with E-state index in [9.17, 15) is 4.79 Å². The minimum absolute atomic E-state index is 0.0400. The van der Waals surface area contributed by atoms with Gasteiger partial charge in [-0.1, -0.05) is 18.2 Å². The average molecular weight is 415 g/mol. The SMILES string of the molecule is CN(C)C(=O)c1ccn2c(-c3ccc4cccc(N5CCC(N)CC5)c4n3)cnc2c1. The summed E-state index contributed by atoms with van der Waals surface area (Å²) in [5.74, 6) is -0.0400. The van der Waals surface area contributed by atoms with E-state index < -0.39 is 0 Å². The predicted molar refractivity (Wildman–Crippen MR) is 123 cm³/mol. The summed E-state index contributed by atoms with van der Waals surface area (Å²) in [6.07, 6.45) is 5.70. The smallest absolute Gasteiger partial charge is 0.253 e. The Balaban J connectivity index is 1.57. The molecule has 1 fully saturated rings. The van der Waals surface area contributed by atoms with Crippen molar-refractivity contribution in [3.8, 4) is 11.4 Å². The highest BCUT2D eigenvalue weighted by Crippen LogP contribution is 2.30. The lowest BCUT2D eigenvalue weighted by atomic mass is 10.0. The van der Waals surface area contributed by atoms with E-state index in [0.29, 0.717) is 5.56 Å². The van der Waals surface area contributed by atoms with Crippen LogP contribution in [0.4, 0.5) is 5.69 Å². The zero-order chi connectivity index (χ0) is 21.5. The number of pyridine rings is 2. The Bertz CT molecular complexity index is 1270. The molecule has 1 aliphatic rings. The molecule has 7 nitrogen and oxygen atoms in total. The molecule has 1 aliphatic heterocycles. The standard InChI is InChI=1S/C24H26N6O/c1-28(2)24(31)17-8-13-30-21(15-26-22(30)14-17)19-7-6-16-4-3-5-20(23(16)27-19)29-11-9-18(25)10-12-29/h3-8,13-15,18H,9-12,25H2,1-2H3. The monoisotopic (exact) mass is 414 g/mol. The minimum Gasteiger partial charge on any atom is -0.370 e. The second-order valence-electron chi connectivity index (χ2n) is 8.36. The van der Waals surface area contributed by atoms with Crippen LogP contribution in [0.15, 0.2) is 54.9 Å². The van der Waals surface area contributed by atoms with Crippen molar-refractivity contribution in [2.45, 2.75) is 18.9 Å². The fourth-order valence-electron chi connectivity index (χ4n) is 4.23. The van der Waals surface area contributed by atoms with Crippen LogP contribution in [0.2, 0.25) is 0 Å². The Kier molecular flexibility index (Phi) is 4.82. The van der Waals surface area contributed by atoms with E-state index in [1.165, 1.54) is 0 Å². The number of carbonyl (C=O) groups excluding carboxylic acids is 1. The molecular weight excluding hydrogens is 388 g/mol. The number of rotatable bonds is 3. The van der Waals surface area contributed by atoms with Crippen LogP contribution in [0.1, 0.15) is 23.2 Å². The van der Waals surface area contributed by atoms with Crippen LogP contribution in [0.25, 0.3) is 27.9 Å². The van der Waals surface area contributed by atoms with Gasteiger partial charge >= 0.3 is 0 Å². The topological polar surface area (TPSA) is 79.8 Å². The molecule has 1 aromatic carbocycles. The molecule has 0 aliphatic carbocycles. The van der Waals surface area contributed by atoms with Crippen molar-refractivity contribution in [1.29, 1.82) is 0 Å². The number of fused-ring (bicyclic) bond motifs is 2. The fourth-order valence-corrected chi connectivity index (χ4v) is 4.23. The van der Waals surface area contributed by atoms with Gasteiger partial charge in [0.1, 0.15) is 5.65 Å². The van der Waals surface area contributed by atoms with Gasteiger partial charge in [0, 0.05) is 50.4 Å². The van der Waals surface area contributed by atoms with Crippen molar-refractivity contribution in [2.75, 3.05) is 32.1 Å². The Morgan fingerprint density at radius 1 is 1.13 bits per heavy atom. The van der Waals surface area contributed by atoms with Gasteiger partial charge in [0.15, 0.2) is 0 Å². The van der Waals surface area contributed by atoms with Crippen molar-refractivity contribution in [1.82, 2.24) is 19.3 Å². The molecule has 2 N–H and O–H groups in total. The van der Waals surface area contributed by atoms with Gasteiger partial charge in [-0.05, 0) is 37.1 Å². The molecular formula is C24H26N6O. The molecule has 7 heteroatoms. The summed E-state index contributed by atoms with van der Waals surface area (Å²) in [6.45, 7) is 1.90. The molecule has 158 valence electrons. The molecule has 5 rings (SSSR count). The van der Waals surface area contributed by atoms with Crippen LogP contribution in [0.5, 0.6) is 0 Å². The van der Waals surface area contributed by atoms with Crippen LogP contribution in [-0.2, 0) is 0 Å². The second kappa shape index (κ2) is 7.67. The lowest BCUT2D eigenvalue weighted by Crippen LogP contribution is -2.39. The normalized spacial score (nSPS) is 15.0. The summed E-state index contributed by atoms with van der Waals surface area (Å²) >= 11 is 0. The van der Waals surface area contributed by atoms with Gasteiger partial charge in [-0.15, -0.1) is 0 Å². The van der Waals surface area contributed by atoms with E-state index in [0.717, 1.165) is 59.6 Å². The van der Waals surface area contributed by atoms with Gasteiger partial charge in [-0.3, -0.25) is 9.20 Å². The summed E-state index contributed by atoms with van der Waals surface area (Å²) in [5, 5.41) is 1.11. The largest absolute Gasteiger partial charge is 0.370 e. The van der Waals surface area contributed by atoms with Crippen LogP contribution in [-0.4, -0.2) is 58.4 Å². The van der Waals surface area contributed by atoms with Crippen LogP contribution >= 0.6 is 0 Å². The number of hydrogen-bond acceptors (Lipinski definition) is 5. The number of imidazole rings is 1. The summed E-state index contributed by atoms with van der Waals surface area (Å²) in [4.78, 5) is 25.8. The van der Waals surface area contributed by atoms with Crippen molar-refractivity contribution < 1.29 is 4.79 Å². The third kappa shape index (κ3) is 3.51. The number of nitrogens with two attached hydrogens (primary N) is 1. The predicted octanol–water partition coefficient (Wildman–Crippen LogP) is 3.18. The van der Waals surface area contributed by atoms with Crippen LogP contribution in [0, 0.1) is 0 Å². The maximum Gasteiger partial charge on any atom is 0.253 e. The van der Waals surface area contributed by atoms with E-state index in [2.05, 4.69) is 34.1 Å². The molecule has 1 saturated heterocycles. The molecule has 0 bridgehead atoms. The van der Waals surface area contributed by atoms with E-state index in [1.807, 2.05) is 35.0 Å². The Hall–Kier alpha value is -3.45. The second-order valence-corrected chi connectivity index (χ2v) is 8.36. The number of amides is 1. The summed E-state index contributed by atoms with van der Waals surface area (Å²) in [7, 11) is 3.49. The lowest BCUT2D eigenvalue weighted by molar-refractivity contribution is 0.0827. The molecule has 4 aromatic rings. The first kappa shape index (κ1) is 19.5. The van der Waals surface area contributed by atoms with Crippen molar-refractivity contribution in [3.63, 3.8) is 0 Å². The number of carbonyl (C=O) groups is 1. The molecule has 0 spiro atoms. The van der Waals surface area contributed by atoms with Crippen molar-refractivity contribution in [3.05, 3.63) is 60.4 Å². The number of nitrogens with zero attached hydrogens (tertiary/aromatic N) is 5. The number of piperidine rings is 1. The molecule has 0 radical (unpaired) electrons. The number of anilines is 1. The van der Waals surface area contributed by atoms with Crippen LogP contribution < -0.4 is 10.6 Å². The quantitative estimate of drug-likeness (QED) is 0.557. The van der Waals surface area contributed by atoms with Gasteiger partial charge in [0.2, 0.25) is 0 Å². The lowest BCUT2D eigenvalue weighted by Gasteiger charge is -2.32. The highest BCUT2D eigenvalue weighted by atomic mass is 16.2. The Labute approximate surface area is 181 Å². The maximum atomic E-state index is 12.3. The Morgan fingerprint density at radius 3 is 2.71 bits per heavy atom. The van der Waals surface area contributed by atoms with Crippen LogP contribution in [0.3, 0.4) is 0 Å². The number of benzene rings is 1. The first-order valence-corrected chi connectivity index (χ1v) is 10.6. The van der Waals surface area contributed by atoms with E-state index in [-0.39, 0.29) is 11.9 Å². The molecule has 3 aromatic heterocycles. The summed E-state index contributed by atoms with van der Waals surface area (Å²) in [5.41, 5.74) is 11.3. The summed E-state index contributed by atoms with van der Waals surface area (Å²) < 4.78 is 1.98. The third-order valence-corrected chi connectivity index (χ3v) is 6.01. The van der Waals surface area contributed by atoms with Crippen molar-refractivity contribution >= 4 is 28.1 Å². The fraction of sp³-hybridized carbons (Fsp3) is 0.292. The number of para-hydroxylation sites is 1. The first-order chi connectivity index (χ1) is 15.0. The number of hydrogen-bond donors (Lipinski definition) is 1. The van der Waals surface area contributed by atoms with E-state index in [4.69, 9.17) is 10.7 Å². The van der Waals surface area contributed by atoms with Gasteiger partial charge < -0.3 is 15.5 Å². The summed E-state index contributed by atoms with van der Waals surface area (Å²) in [6, 6.07) is 14.4. The highest BCUT2D eigenvalue weighted by molar-refractivity contribution is 5.95. The van der Waals surface area contributed by atoms with E-state index >= 15 is 0 Å². The molecule has 31 heavy (non-hydrogen) atoms. The van der Waals surface area contributed by atoms with Gasteiger partial charge in [-0.2, -0.15) is 0 Å². The van der Waals surface area contributed by atoms with Gasteiger partial charge in [0.05, 0.1) is 28.8 Å². The molecule has 0 atom stereocenters. The molecule has 1 amide bonds. The Morgan fingerprint density at radius 2 is 1.94 bits per heavy atom. The number of aromatic nitrogens is 3. The third-order valence-electron chi connectivity index (χ3n) is 6.01. The molecule has 0 unspecified atom stereocenters. The average Bonchev–Trinajstić information content (AvgIpc) is 3.21. The van der Waals surface area contributed by atoms with Gasteiger partial charge in [-0.25, -0.2) is 9.97 Å². The molecule has 0 saturated carbocycles. The first-order valence-electron chi connectivity index (χ1n) is 10.6. The highest BCUT2D eigenvalue weighted by Gasteiger charge is 2.19. The molecule has 4 heterocycles. The maximum absolute atomic E-state index is 12.3. The van der Waals surface area contributed by atoms with E-state index in [1.54, 1.807) is 19.0 Å². The minimum atomic E-state index is -0.0400. The van der Waals surface area contributed by atoms with Gasteiger partial charge in [0.25, 0.3) is 5.91 Å².